The van der Waals surface area contributed by atoms with Gasteiger partial charge in [-0.05, 0) is 72.3 Å². The first-order valence-corrected chi connectivity index (χ1v) is 17.6. The van der Waals surface area contributed by atoms with Crippen LogP contribution in [0.25, 0.3) is 74.0 Å². The molecule has 0 spiro atoms. The molecule has 7 aromatic carbocycles. The van der Waals surface area contributed by atoms with E-state index in [1.54, 1.807) is 0 Å². The second-order valence-corrected chi connectivity index (χ2v) is 14.1. The van der Waals surface area contributed by atoms with Gasteiger partial charge in [0.25, 0.3) is 0 Å². The normalized spacial score (nSPS) is 11.8. The molecule has 0 aliphatic carbocycles. The van der Waals surface area contributed by atoms with Gasteiger partial charge in [-0.3, -0.25) is 0 Å². The predicted molar refractivity (Wildman–Crippen MR) is 205 cm³/mol. The van der Waals surface area contributed by atoms with Crippen molar-refractivity contribution in [1.29, 1.82) is 0 Å². The zero-order valence-electron chi connectivity index (χ0n) is 25.6. The van der Waals surface area contributed by atoms with E-state index in [2.05, 4.69) is 132 Å². The van der Waals surface area contributed by atoms with Crippen LogP contribution in [0.15, 0.2) is 162 Å². The van der Waals surface area contributed by atoms with Gasteiger partial charge in [0.05, 0.1) is 0 Å². The molecule has 0 amide bonds. The number of fused-ring (bicyclic) bond motifs is 8. The highest BCUT2D eigenvalue weighted by Gasteiger charge is 2.20. The lowest BCUT2D eigenvalue weighted by atomic mass is 10.0. The average molecular weight is 651 g/mol. The Morgan fingerprint density at radius 2 is 1.10 bits per heavy atom. The van der Waals surface area contributed by atoms with Crippen LogP contribution < -0.4 is 4.90 Å². The molecule has 3 heterocycles. The quantitative estimate of drug-likeness (QED) is 0.186. The van der Waals surface area contributed by atoms with Gasteiger partial charge in [-0.15, -0.1) is 22.7 Å². The molecule has 3 nitrogen and oxygen atoms in total. The molecule has 0 bridgehead atoms. The summed E-state index contributed by atoms with van der Waals surface area (Å²) in [6.45, 7) is 0. The van der Waals surface area contributed by atoms with E-state index >= 15 is 0 Å². The molecule has 0 radical (unpaired) electrons. The van der Waals surface area contributed by atoms with Gasteiger partial charge in [0, 0.05) is 68.5 Å². The van der Waals surface area contributed by atoms with Crippen molar-refractivity contribution in [1.82, 2.24) is 4.98 Å². The highest BCUT2D eigenvalue weighted by molar-refractivity contribution is 7.26. The molecular weight excluding hydrogens is 625 g/mol. The molecule has 0 saturated heterocycles. The van der Waals surface area contributed by atoms with Crippen LogP contribution >= 0.6 is 22.7 Å². The van der Waals surface area contributed by atoms with E-state index in [0.717, 1.165) is 50.2 Å². The van der Waals surface area contributed by atoms with E-state index in [4.69, 9.17) is 9.40 Å². The number of rotatable bonds is 5. The minimum atomic E-state index is 0.642. The predicted octanol–water partition coefficient (Wildman–Crippen LogP) is 13.4. The molecule has 226 valence electrons. The number of hydrogen-bond acceptors (Lipinski definition) is 5. The van der Waals surface area contributed by atoms with E-state index < -0.39 is 0 Å². The molecule has 0 N–H and O–H groups in total. The number of para-hydroxylation sites is 1. The molecule has 0 atom stereocenters. The summed E-state index contributed by atoms with van der Waals surface area (Å²) in [4.78, 5) is 7.34. The Balaban J connectivity index is 1.13. The summed E-state index contributed by atoms with van der Waals surface area (Å²) in [7, 11) is 0. The van der Waals surface area contributed by atoms with Crippen LogP contribution in [0.5, 0.6) is 0 Å². The van der Waals surface area contributed by atoms with Gasteiger partial charge >= 0.3 is 0 Å². The zero-order chi connectivity index (χ0) is 31.6. The van der Waals surface area contributed by atoms with Gasteiger partial charge in [0.1, 0.15) is 5.52 Å². The van der Waals surface area contributed by atoms with Crippen LogP contribution in [0.2, 0.25) is 0 Å². The summed E-state index contributed by atoms with van der Waals surface area (Å²) in [6, 6.07) is 56.0. The molecule has 0 aliphatic rings. The third-order valence-electron chi connectivity index (χ3n) is 9.09. The molecule has 10 rings (SSSR count). The summed E-state index contributed by atoms with van der Waals surface area (Å²) in [5.41, 5.74) is 8.35. The molecule has 3 aromatic heterocycles. The largest absolute Gasteiger partial charge is 0.435 e. The van der Waals surface area contributed by atoms with Crippen molar-refractivity contribution in [2.45, 2.75) is 0 Å². The molecule has 48 heavy (non-hydrogen) atoms. The first kappa shape index (κ1) is 27.4. The number of aromatic nitrogens is 1. The summed E-state index contributed by atoms with van der Waals surface area (Å²) in [6.07, 6.45) is 0. The summed E-state index contributed by atoms with van der Waals surface area (Å²) in [5.74, 6) is 0.642. The lowest BCUT2D eigenvalue weighted by Crippen LogP contribution is -2.09. The van der Waals surface area contributed by atoms with Gasteiger partial charge in [-0.1, -0.05) is 91.0 Å². The molecule has 10 aromatic rings. The van der Waals surface area contributed by atoms with Crippen LogP contribution in [-0.4, -0.2) is 4.98 Å². The molecule has 0 fully saturated rings. The van der Waals surface area contributed by atoms with Crippen molar-refractivity contribution in [2.75, 3.05) is 4.90 Å². The molecular formula is C43H26N2OS2. The highest BCUT2D eigenvalue weighted by Crippen LogP contribution is 2.46. The Kier molecular flexibility index (Phi) is 6.22. The SMILES string of the molecule is c1ccc(-c2nc3cc(-c4ccc(N(c5ccccc5)c5ccc6c(c5)sc5ccccc56)cc4)c4sc5ccccc5c4c3o2)cc1. The monoisotopic (exact) mass is 650 g/mol. The second kappa shape index (κ2) is 10.9. The third-order valence-corrected chi connectivity index (χ3v) is 11.4. The maximum Gasteiger partial charge on any atom is 0.227 e. The second-order valence-electron chi connectivity index (χ2n) is 12.0. The smallest absolute Gasteiger partial charge is 0.227 e. The van der Waals surface area contributed by atoms with Crippen molar-refractivity contribution < 1.29 is 4.42 Å². The van der Waals surface area contributed by atoms with E-state index in [1.165, 1.54) is 35.0 Å². The zero-order valence-corrected chi connectivity index (χ0v) is 27.3. The van der Waals surface area contributed by atoms with Crippen LogP contribution in [0.4, 0.5) is 17.1 Å². The first-order valence-electron chi connectivity index (χ1n) is 16.0. The molecule has 0 unspecified atom stereocenters. The average Bonchev–Trinajstić information content (AvgIpc) is 3.86. The number of oxazole rings is 1. The summed E-state index contributed by atoms with van der Waals surface area (Å²) >= 11 is 3.66. The third kappa shape index (κ3) is 4.36. The van der Waals surface area contributed by atoms with Crippen molar-refractivity contribution in [3.63, 3.8) is 0 Å². The van der Waals surface area contributed by atoms with Gasteiger partial charge in [0.15, 0.2) is 5.58 Å². The van der Waals surface area contributed by atoms with E-state index in [0.29, 0.717) is 5.89 Å². The van der Waals surface area contributed by atoms with E-state index in [1.807, 2.05) is 53.0 Å². The summed E-state index contributed by atoms with van der Waals surface area (Å²) in [5, 5.41) is 4.94. The minimum Gasteiger partial charge on any atom is -0.435 e. The van der Waals surface area contributed by atoms with Crippen LogP contribution in [0.3, 0.4) is 0 Å². The Bertz CT molecular complexity index is 2780. The maximum atomic E-state index is 6.51. The maximum absolute atomic E-state index is 6.51. The lowest BCUT2D eigenvalue weighted by Gasteiger charge is -2.25. The Labute approximate surface area is 284 Å². The van der Waals surface area contributed by atoms with Crippen molar-refractivity contribution in [3.05, 3.63) is 158 Å². The Morgan fingerprint density at radius 3 is 1.90 bits per heavy atom. The van der Waals surface area contributed by atoms with Crippen LogP contribution in [-0.2, 0) is 0 Å². The number of hydrogen-bond donors (Lipinski definition) is 0. The fourth-order valence-corrected chi connectivity index (χ4v) is 9.24. The fraction of sp³-hybridized carbons (Fsp3) is 0. The Hall–Kier alpha value is -5.75. The standard InChI is InChI=1S/C43H26N2OS2/c1-3-11-28(12-4-1)43-44-36-26-35(42-40(41(36)46-43)34-16-8-10-18-38(34)48-42)27-19-21-30(22-20-27)45(29-13-5-2-6-14-29)31-23-24-33-32-15-7-9-17-37(32)47-39(33)25-31/h1-26H. The van der Waals surface area contributed by atoms with E-state index in [9.17, 15) is 0 Å². The van der Waals surface area contributed by atoms with Crippen molar-refractivity contribution in [2.24, 2.45) is 0 Å². The van der Waals surface area contributed by atoms with Gasteiger partial charge in [0.2, 0.25) is 5.89 Å². The Morgan fingerprint density at radius 1 is 0.479 bits per heavy atom. The number of thiophene rings is 2. The number of benzene rings is 7. The van der Waals surface area contributed by atoms with Gasteiger partial charge in [-0.2, -0.15) is 0 Å². The first-order chi connectivity index (χ1) is 23.8. The van der Waals surface area contributed by atoms with Crippen molar-refractivity contribution in [3.8, 4) is 22.6 Å². The summed E-state index contributed by atoms with van der Waals surface area (Å²) < 4.78 is 11.6. The molecule has 0 aliphatic heterocycles. The number of nitrogens with zero attached hydrogens (tertiary/aromatic N) is 2. The lowest BCUT2D eigenvalue weighted by molar-refractivity contribution is 0.623. The highest BCUT2D eigenvalue weighted by atomic mass is 32.1. The minimum absolute atomic E-state index is 0.642. The molecule has 5 heteroatoms. The molecule has 0 saturated carbocycles. The fourth-order valence-electron chi connectivity index (χ4n) is 6.86. The topological polar surface area (TPSA) is 29.3 Å². The van der Waals surface area contributed by atoms with Crippen LogP contribution in [0, 0.1) is 0 Å². The van der Waals surface area contributed by atoms with Gasteiger partial charge < -0.3 is 9.32 Å². The van der Waals surface area contributed by atoms with Gasteiger partial charge in [-0.25, -0.2) is 4.98 Å². The van der Waals surface area contributed by atoms with E-state index in [-0.39, 0.29) is 0 Å². The number of anilines is 3. The van der Waals surface area contributed by atoms with Crippen molar-refractivity contribution >= 4 is 91.2 Å². The van der Waals surface area contributed by atoms with Crippen LogP contribution in [0.1, 0.15) is 0 Å².